The molecule has 2 N–H and O–H groups in total. The number of rotatable bonds is 2. The van der Waals surface area contributed by atoms with Crippen molar-refractivity contribution >= 4 is 0 Å². The molecule has 1 aliphatic rings. The fraction of sp³-hybridized carbons (Fsp3) is 0.538. The van der Waals surface area contributed by atoms with Gasteiger partial charge in [0.1, 0.15) is 5.75 Å². The smallest absolute Gasteiger partial charge is 0.123 e. The Morgan fingerprint density at radius 3 is 2.69 bits per heavy atom. The minimum Gasteiger partial charge on any atom is -0.507 e. The van der Waals surface area contributed by atoms with E-state index in [2.05, 4.69) is 17.1 Å². The number of nitrogens with zero attached hydrogens (tertiary/aromatic N) is 1. The monoisotopic (exact) mass is 220 g/mol. The summed E-state index contributed by atoms with van der Waals surface area (Å²) in [4.78, 5) is 2.41. The molecule has 1 saturated heterocycles. The summed E-state index contributed by atoms with van der Waals surface area (Å²) in [6.07, 6.45) is 0. The standard InChI is InChI=1S/C13H20N2O/c1-10-4-3-5-12(13(10)16)11(2)15-8-6-14-7-9-15/h3-5,11,14,16H,6-9H2,1-2H3/t11-/m1/s1. The van der Waals surface area contributed by atoms with Crippen LogP contribution in [0.1, 0.15) is 24.1 Å². The minimum absolute atomic E-state index is 0.294. The molecule has 0 spiro atoms. The molecule has 3 heteroatoms. The summed E-state index contributed by atoms with van der Waals surface area (Å²) in [5, 5.41) is 13.4. The van der Waals surface area contributed by atoms with Gasteiger partial charge in [-0.05, 0) is 19.4 Å². The van der Waals surface area contributed by atoms with Gasteiger partial charge in [-0.1, -0.05) is 18.2 Å². The maximum atomic E-state index is 10.1. The number of aryl methyl sites for hydroxylation is 1. The van der Waals surface area contributed by atoms with Crippen LogP contribution in [0.15, 0.2) is 18.2 Å². The van der Waals surface area contributed by atoms with Crippen molar-refractivity contribution in [2.45, 2.75) is 19.9 Å². The van der Waals surface area contributed by atoms with Gasteiger partial charge < -0.3 is 10.4 Å². The lowest BCUT2D eigenvalue weighted by molar-refractivity contribution is 0.183. The van der Waals surface area contributed by atoms with Gasteiger partial charge in [0, 0.05) is 37.8 Å². The molecular formula is C13H20N2O. The Morgan fingerprint density at radius 2 is 2.00 bits per heavy atom. The molecule has 3 nitrogen and oxygen atoms in total. The van der Waals surface area contributed by atoms with Gasteiger partial charge in [0.25, 0.3) is 0 Å². The van der Waals surface area contributed by atoms with Crippen LogP contribution in [0, 0.1) is 6.92 Å². The van der Waals surface area contributed by atoms with E-state index in [0.29, 0.717) is 11.8 Å². The Labute approximate surface area is 97.1 Å². The van der Waals surface area contributed by atoms with E-state index < -0.39 is 0 Å². The topological polar surface area (TPSA) is 35.5 Å². The molecule has 88 valence electrons. The van der Waals surface area contributed by atoms with Gasteiger partial charge in [0.15, 0.2) is 0 Å². The van der Waals surface area contributed by atoms with Crippen LogP contribution in [0.3, 0.4) is 0 Å². The zero-order chi connectivity index (χ0) is 11.5. The van der Waals surface area contributed by atoms with Crippen LogP contribution in [0.2, 0.25) is 0 Å². The average Bonchev–Trinajstić information content (AvgIpc) is 2.33. The second-order valence-corrected chi connectivity index (χ2v) is 4.47. The van der Waals surface area contributed by atoms with E-state index >= 15 is 0 Å². The number of benzene rings is 1. The average molecular weight is 220 g/mol. The second-order valence-electron chi connectivity index (χ2n) is 4.47. The van der Waals surface area contributed by atoms with Crippen LogP contribution >= 0.6 is 0 Å². The fourth-order valence-corrected chi connectivity index (χ4v) is 2.28. The van der Waals surface area contributed by atoms with E-state index in [-0.39, 0.29) is 0 Å². The van der Waals surface area contributed by atoms with Crippen molar-refractivity contribution in [1.82, 2.24) is 10.2 Å². The number of aromatic hydroxyl groups is 1. The number of hydrogen-bond acceptors (Lipinski definition) is 3. The predicted molar refractivity (Wildman–Crippen MR) is 65.7 cm³/mol. The van der Waals surface area contributed by atoms with E-state index in [4.69, 9.17) is 0 Å². The third-order valence-electron chi connectivity index (χ3n) is 3.42. The van der Waals surface area contributed by atoms with Crippen molar-refractivity contribution < 1.29 is 5.11 Å². The first-order chi connectivity index (χ1) is 7.70. The van der Waals surface area contributed by atoms with Crippen molar-refractivity contribution in [3.63, 3.8) is 0 Å². The lowest BCUT2D eigenvalue weighted by atomic mass is 10.0. The molecule has 0 bridgehead atoms. The first kappa shape index (κ1) is 11.4. The molecule has 0 radical (unpaired) electrons. The Balaban J connectivity index is 2.19. The van der Waals surface area contributed by atoms with Crippen LogP contribution in [0.5, 0.6) is 5.75 Å². The number of hydrogen-bond donors (Lipinski definition) is 2. The van der Waals surface area contributed by atoms with Gasteiger partial charge >= 0.3 is 0 Å². The highest BCUT2D eigenvalue weighted by molar-refractivity contribution is 5.41. The molecule has 1 atom stereocenters. The molecule has 0 unspecified atom stereocenters. The zero-order valence-electron chi connectivity index (χ0n) is 10.0. The molecule has 0 saturated carbocycles. The van der Waals surface area contributed by atoms with Gasteiger partial charge in [0.2, 0.25) is 0 Å². The molecule has 0 aromatic heterocycles. The second kappa shape index (κ2) is 4.85. The highest BCUT2D eigenvalue weighted by atomic mass is 16.3. The van der Waals surface area contributed by atoms with Gasteiger partial charge in [-0.15, -0.1) is 0 Å². The van der Waals surface area contributed by atoms with Crippen molar-refractivity contribution in [2.24, 2.45) is 0 Å². The summed E-state index contributed by atoms with van der Waals surface area (Å²) >= 11 is 0. The van der Waals surface area contributed by atoms with E-state index in [1.807, 2.05) is 25.1 Å². The van der Waals surface area contributed by atoms with Gasteiger partial charge in [-0.3, -0.25) is 4.90 Å². The maximum absolute atomic E-state index is 10.1. The Bertz CT molecular complexity index is 359. The summed E-state index contributed by atoms with van der Waals surface area (Å²) in [5.41, 5.74) is 2.00. The lowest BCUT2D eigenvalue weighted by Crippen LogP contribution is -2.44. The van der Waals surface area contributed by atoms with Crippen LogP contribution in [-0.2, 0) is 0 Å². The Kier molecular flexibility index (Phi) is 3.46. The molecule has 1 aromatic carbocycles. The largest absolute Gasteiger partial charge is 0.507 e. The lowest BCUT2D eigenvalue weighted by Gasteiger charge is -2.33. The van der Waals surface area contributed by atoms with Crippen LogP contribution in [-0.4, -0.2) is 36.2 Å². The maximum Gasteiger partial charge on any atom is 0.123 e. The number of phenols is 1. The van der Waals surface area contributed by atoms with Crippen molar-refractivity contribution in [3.8, 4) is 5.75 Å². The predicted octanol–water partition coefficient (Wildman–Crippen LogP) is 1.67. The first-order valence-electron chi connectivity index (χ1n) is 5.93. The summed E-state index contributed by atoms with van der Waals surface area (Å²) in [6.45, 7) is 8.29. The molecule has 0 amide bonds. The molecular weight excluding hydrogens is 200 g/mol. The highest BCUT2D eigenvalue weighted by Crippen LogP contribution is 2.30. The van der Waals surface area contributed by atoms with Gasteiger partial charge in [-0.2, -0.15) is 0 Å². The van der Waals surface area contributed by atoms with Gasteiger partial charge in [0.05, 0.1) is 0 Å². The highest BCUT2D eigenvalue weighted by Gasteiger charge is 2.20. The van der Waals surface area contributed by atoms with Crippen molar-refractivity contribution in [2.75, 3.05) is 26.2 Å². The fourth-order valence-electron chi connectivity index (χ4n) is 2.28. The summed E-state index contributed by atoms with van der Waals surface area (Å²) < 4.78 is 0. The third kappa shape index (κ3) is 2.20. The van der Waals surface area contributed by atoms with Gasteiger partial charge in [-0.25, -0.2) is 0 Å². The van der Waals surface area contributed by atoms with Crippen molar-refractivity contribution in [3.05, 3.63) is 29.3 Å². The Morgan fingerprint density at radius 1 is 1.31 bits per heavy atom. The summed E-state index contributed by atoms with van der Waals surface area (Å²) in [5.74, 6) is 0.452. The molecule has 1 aromatic rings. The molecule has 16 heavy (non-hydrogen) atoms. The summed E-state index contributed by atoms with van der Waals surface area (Å²) in [6, 6.07) is 6.28. The molecule has 1 heterocycles. The number of phenolic OH excluding ortho intramolecular Hbond substituents is 1. The Hall–Kier alpha value is -1.06. The summed E-state index contributed by atoms with van der Waals surface area (Å²) in [7, 11) is 0. The normalized spacial score (nSPS) is 19.6. The molecule has 0 aliphatic carbocycles. The van der Waals surface area contributed by atoms with Crippen LogP contribution in [0.4, 0.5) is 0 Å². The van der Waals surface area contributed by atoms with E-state index in [9.17, 15) is 5.11 Å². The third-order valence-corrected chi connectivity index (χ3v) is 3.42. The van der Waals surface area contributed by atoms with Crippen molar-refractivity contribution in [1.29, 1.82) is 0 Å². The van der Waals surface area contributed by atoms with E-state index in [1.165, 1.54) is 0 Å². The van der Waals surface area contributed by atoms with E-state index in [0.717, 1.165) is 37.3 Å². The number of piperazine rings is 1. The zero-order valence-corrected chi connectivity index (χ0v) is 10.0. The minimum atomic E-state index is 0.294. The number of nitrogens with one attached hydrogen (secondary N) is 1. The SMILES string of the molecule is Cc1cccc([C@@H](C)N2CCNCC2)c1O. The van der Waals surface area contributed by atoms with Crippen LogP contribution < -0.4 is 5.32 Å². The first-order valence-corrected chi connectivity index (χ1v) is 5.93. The van der Waals surface area contributed by atoms with Crippen LogP contribution in [0.25, 0.3) is 0 Å². The quantitative estimate of drug-likeness (QED) is 0.796. The number of para-hydroxylation sites is 1. The molecule has 1 fully saturated rings. The molecule has 1 aliphatic heterocycles. The molecule has 2 rings (SSSR count). The van der Waals surface area contributed by atoms with E-state index in [1.54, 1.807) is 0 Å².